The molecule has 0 aliphatic rings. The lowest BCUT2D eigenvalue weighted by Gasteiger charge is -2.05. The van der Waals surface area contributed by atoms with Crippen molar-refractivity contribution >= 4 is 5.69 Å². The van der Waals surface area contributed by atoms with E-state index in [-0.39, 0.29) is 0 Å². The van der Waals surface area contributed by atoms with Crippen LogP contribution in [0.2, 0.25) is 0 Å². The zero-order valence-corrected chi connectivity index (χ0v) is 8.07. The second kappa shape index (κ2) is 3.50. The van der Waals surface area contributed by atoms with Gasteiger partial charge < -0.3 is 5.73 Å². The number of anilines is 1. The van der Waals surface area contributed by atoms with E-state index < -0.39 is 0 Å². The Morgan fingerprint density at radius 3 is 2.64 bits per heavy atom. The number of aryl methyl sites for hydroxylation is 1. The van der Waals surface area contributed by atoms with Crippen molar-refractivity contribution in [3.05, 3.63) is 48.2 Å². The second-order valence-electron chi connectivity index (χ2n) is 3.31. The zero-order valence-electron chi connectivity index (χ0n) is 8.07. The van der Waals surface area contributed by atoms with Crippen molar-refractivity contribution in [3.63, 3.8) is 0 Å². The Bertz CT molecular complexity index is 435. The minimum Gasteiger partial charge on any atom is -0.398 e. The average Bonchev–Trinajstić information content (AvgIpc) is 2.19. The highest BCUT2D eigenvalue weighted by Crippen LogP contribution is 2.24. The van der Waals surface area contributed by atoms with Gasteiger partial charge in [0.05, 0.1) is 5.69 Å². The van der Waals surface area contributed by atoms with Crippen LogP contribution in [0.5, 0.6) is 0 Å². The number of hydrogen-bond donors (Lipinski definition) is 1. The fourth-order valence-corrected chi connectivity index (χ4v) is 1.44. The van der Waals surface area contributed by atoms with Crippen molar-refractivity contribution in [1.82, 2.24) is 4.98 Å². The lowest BCUT2D eigenvalue weighted by Crippen LogP contribution is -1.92. The number of benzene rings is 1. The van der Waals surface area contributed by atoms with Crippen LogP contribution in [0.1, 0.15) is 5.56 Å². The number of pyridine rings is 1. The number of hydrogen-bond acceptors (Lipinski definition) is 2. The topological polar surface area (TPSA) is 38.9 Å². The molecule has 2 nitrogen and oxygen atoms in total. The van der Waals surface area contributed by atoms with E-state index >= 15 is 0 Å². The average molecular weight is 184 g/mol. The number of nitrogens with two attached hydrogens (primary N) is 1. The summed E-state index contributed by atoms with van der Waals surface area (Å²) in [6.07, 6.45) is 1.77. The highest BCUT2D eigenvalue weighted by molar-refractivity contribution is 5.74. The number of aromatic nitrogens is 1. The minimum absolute atomic E-state index is 0.781. The van der Waals surface area contributed by atoms with E-state index in [1.165, 1.54) is 5.56 Å². The summed E-state index contributed by atoms with van der Waals surface area (Å²) >= 11 is 0. The van der Waals surface area contributed by atoms with Crippen molar-refractivity contribution < 1.29 is 0 Å². The van der Waals surface area contributed by atoms with Crippen molar-refractivity contribution in [1.29, 1.82) is 0 Å². The summed E-state index contributed by atoms with van der Waals surface area (Å²) in [5.74, 6) is 0. The van der Waals surface area contributed by atoms with Crippen LogP contribution in [0.25, 0.3) is 11.3 Å². The molecule has 2 N–H and O–H groups in total. The molecule has 2 aromatic rings. The van der Waals surface area contributed by atoms with Crippen LogP contribution in [0.15, 0.2) is 42.6 Å². The fraction of sp³-hybridized carbons (Fsp3) is 0.0833. The van der Waals surface area contributed by atoms with E-state index in [0.717, 1.165) is 16.9 Å². The molecule has 0 saturated carbocycles. The van der Waals surface area contributed by atoms with Gasteiger partial charge in [0.2, 0.25) is 0 Å². The quantitative estimate of drug-likeness (QED) is 0.692. The summed E-state index contributed by atoms with van der Waals surface area (Å²) < 4.78 is 0. The summed E-state index contributed by atoms with van der Waals surface area (Å²) in [5.41, 5.74) is 9.78. The summed E-state index contributed by atoms with van der Waals surface area (Å²) in [6, 6.07) is 11.8. The zero-order chi connectivity index (χ0) is 9.97. The second-order valence-corrected chi connectivity index (χ2v) is 3.31. The first-order valence-corrected chi connectivity index (χ1v) is 4.55. The summed E-state index contributed by atoms with van der Waals surface area (Å²) in [7, 11) is 0. The first-order chi connectivity index (χ1) is 6.77. The number of nitrogen functional groups attached to an aromatic ring is 1. The van der Waals surface area contributed by atoms with E-state index in [1.54, 1.807) is 6.20 Å². The molecule has 2 rings (SSSR count). The van der Waals surface area contributed by atoms with Gasteiger partial charge in [0, 0.05) is 17.4 Å². The van der Waals surface area contributed by atoms with Crippen LogP contribution >= 0.6 is 0 Å². The van der Waals surface area contributed by atoms with Crippen molar-refractivity contribution in [3.8, 4) is 11.3 Å². The maximum atomic E-state index is 5.91. The van der Waals surface area contributed by atoms with Gasteiger partial charge in [-0.15, -0.1) is 0 Å². The predicted octanol–water partition coefficient (Wildman–Crippen LogP) is 2.64. The summed E-state index contributed by atoms with van der Waals surface area (Å²) in [5, 5.41) is 0. The van der Waals surface area contributed by atoms with E-state index in [2.05, 4.69) is 4.98 Å². The van der Waals surface area contributed by atoms with Crippen LogP contribution in [0.3, 0.4) is 0 Å². The van der Waals surface area contributed by atoms with E-state index in [4.69, 9.17) is 5.73 Å². The Labute approximate surface area is 83.4 Å². The molecule has 0 bridgehead atoms. The van der Waals surface area contributed by atoms with Gasteiger partial charge in [0.1, 0.15) is 0 Å². The van der Waals surface area contributed by atoms with Gasteiger partial charge in [-0.25, -0.2) is 0 Å². The first kappa shape index (κ1) is 8.75. The smallest absolute Gasteiger partial charge is 0.0722 e. The Hall–Kier alpha value is -1.83. The Kier molecular flexibility index (Phi) is 2.19. The Morgan fingerprint density at radius 1 is 1.14 bits per heavy atom. The maximum Gasteiger partial charge on any atom is 0.0722 e. The van der Waals surface area contributed by atoms with Crippen LogP contribution in [0.4, 0.5) is 5.69 Å². The van der Waals surface area contributed by atoms with Gasteiger partial charge >= 0.3 is 0 Å². The van der Waals surface area contributed by atoms with Gasteiger partial charge in [0.25, 0.3) is 0 Å². The molecule has 0 aliphatic carbocycles. The number of nitrogens with zero attached hydrogens (tertiary/aromatic N) is 1. The van der Waals surface area contributed by atoms with Gasteiger partial charge in [-0.05, 0) is 30.7 Å². The highest BCUT2D eigenvalue weighted by Gasteiger charge is 2.02. The molecule has 70 valence electrons. The lowest BCUT2D eigenvalue weighted by atomic mass is 10.1. The molecule has 0 saturated heterocycles. The molecular weight excluding hydrogens is 172 g/mol. The molecule has 0 amide bonds. The molecule has 2 heteroatoms. The molecule has 14 heavy (non-hydrogen) atoms. The summed E-state index contributed by atoms with van der Waals surface area (Å²) in [4.78, 5) is 4.26. The van der Waals surface area contributed by atoms with Crippen molar-refractivity contribution in [2.45, 2.75) is 6.92 Å². The largest absolute Gasteiger partial charge is 0.398 e. The standard InChI is InChI=1S/C12H12N2/c1-9-5-6-10(11(13)8-9)12-4-2-3-7-14-12/h2-8H,13H2,1H3. The highest BCUT2D eigenvalue weighted by atomic mass is 14.7. The predicted molar refractivity (Wildman–Crippen MR) is 58.8 cm³/mol. The molecule has 1 heterocycles. The Balaban J connectivity index is 2.53. The molecule has 0 atom stereocenters. The maximum absolute atomic E-state index is 5.91. The van der Waals surface area contributed by atoms with Crippen LogP contribution in [-0.4, -0.2) is 4.98 Å². The summed E-state index contributed by atoms with van der Waals surface area (Å²) in [6.45, 7) is 2.03. The Morgan fingerprint density at radius 2 is 2.00 bits per heavy atom. The molecule has 0 aliphatic heterocycles. The molecule has 0 spiro atoms. The third-order valence-corrected chi connectivity index (χ3v) is 2.15. The van der Waals surface area contributed by atoms with Crippen LogP contribution in [-0.2, 0) is 0 Å². The monoisotopic (exact) mass is 184 g/mol. The van der Waals surface area contributed by atoms with Crippen molar-refractivity contribution in [2.24, 2.45) is 0 Å². The van der Waals surface area contributed by atoms with E-state index in [0.29, 0.717) is 0 Å². The SMILES string of the molecule is Cc1ccc(-c2ccccn2)c(N)c1. The lowest BCUT2D eigenvalue weighted by molar-refractivity contribution is 1.32. The molecule has 0 radical (unpaired) electrons. The number of rotatable bonds is 1. The van der Waals surface area contributed by atoms with Crippen molar-refractivity contribution in [2.75, 3.05) is 5.73 Å². The molecule has 1 aromatic heterocycles. The first-order valence-electron chi connectivity index (χ1n) is 4.55. The van der Waals surface area contributed by atoms with E-state index in [9.17, 15) is 0 Å². The van der Waals surface area contributed by atoms with Crippen LogP contribution < -0.4 is 5.73 Å². The van der Waals surface area contributed by atoms with Gasteiger partial charge in [-0.3, -0.25) is 4.98 Å². The van der Waals surface area contributed by atoms with Gasteiger partial charge in [-0.1, -0.05) is 18.2 Å². The molecule has 0 fully saturated rings. The fourth-order valence-electron chi connectivity index (χ4n) is 1.44. The normalized spacial score (nSPS) is 10.1. The van der Waals surface area contributed by atoms with E-state index in [1.807, 2.05) is 43.3 Å². The molecular formula is C12H12N2. The third-order valence-electron chi connectivity index (χ3n) is 2.15. The minimum atomic E-state index is 0.781. The van der Waals surface area contributed by atoms with Crippen LogP contribution in [0, 0.1) is 6.92 Å². The van der Waals surface area contributed by atoms with Gasteiger partial charge in [-0.2, -0.15) is 0 Å². The van der Waals surface area contributed by atoms with Gasteiger partial charge in [0.15, 0.2) is 0 Å². The third kappa shape index (κ3) is 1.59. The molecule has 0 unspecified atom stereocenters. The molecule has 1 aromatic carbocycles.